The maximum atomic E-state index is 11.4. The van der Waals surface area contributed by atoms with Crippen molar-refractivity contribution in [2.24, 2.45) is 0 Å². The molecule has 0 atom stereocenters. The molecule has 0 bridgehead atoms. The fraction of sp³-hybridized carbons (Fsp3) is 0.308. The standard InChI is InChI=1S/C13H15NO2/c15-12-8-11(9-12)14-13(16)7-6-10-4-2-1-3-5-10/h1-7,11-12,15H,8-9H2,(H,14,16). The molecule has 1 aliphatic carbocycles. The molecule has 1 fully saturated rings. The van der Waals surface area contributed by atoms with E-state index in [1.807, 2.05) is 30.3 Å². The molecular weight excluding hydrogens is 202 g/mol. The van der Waals surface area contributed by atoms with Gasteiger partial charge in [0.1, 0.15) is 0 Å². The molecule has 1 aromatic carbocycles. The van der Waals surface area contributed by atoms with Gasteiger partial charge in [0.2, 0.25) is 5.91 Å². The highest BCUT2D eigenvalue weighted by Crippen LogP contribution is 2.19. The number of amides is 1. The molecule has 0 heterocycles. The average Bonchev–Trinajstić information content (AvgIpc) is 2.26. The molecule has 1 amide bonds. The quantitative estimate of drug-likeness (QED) is 0.751. The monoisotopic (exact) mass is 217 g/mol. The predicted molar refractivity (Wildman–Crippen MR) is 62.6 cm³/mol. The number of rotatable bonds is 3. The summed E-state index contributed by atoms with van der Waals surface area (Å²) >= 11 is 0. The minimum absolute atomic E-state index is 0.0965. The fourth-order valence-corrected chi connectivity index (χ4v) is 1.69. The van der Waals surface area contributed by atoms with E-state index in [-0.39, 0.29) is 18.1 Å². The van der Waals surface area contributed by atoms with Crippen molar-refractivity contribution in [2.75, 3.05) is 0 Å². The lowest BCUT2D eigenvalue weighted by atomic mass is 9.89. The van der Waals surface area contributed by atoms with Crippen LogP contribution in [0.1, 0.15) is 18.4 Å². The third-order valence-corrected chi connectivity index (χ3v) is 2.69. The van der Waals surface area contributed by atoms with E-state index in [0.29, 0.717) is 12.8 Å². The van der Waals surface area contributed by atoms with Crippen LogP contribution in [0.2, 0.25) is 0 Å². The van der Waals surface area contributed by atoms with E-state index in [1.165, 1.54) is 6.08 Å². The maximum Gasteiger partial charge on any atom is 0.244 e. The van der Waals surface area contributed by atoms with Crippen molar-refractivity contribution in [2.45, 2.75) is 25.0 Å². The van der Waals surface area contributed by atoms with E-state index >= 15 is 0 Å². The van der Waals surface area contributed by atoms with E-state index in [0.717, 1.165) is 5.56 Å². The summed E-state index contributed by atoms with van der Waals surface area (Å²) in [7, 11) is 0. The van der Waals surface area contributed by atoms with Gasteiger partial charge in [0.25, 0.3) is 0 Å². The molecule has 0 radical (unpaired) electrons. The molecule has 0 aromatic heterocycles. The molecule has 3 heteroatoms. The van der Waals surface area contributed by atoms with Crippen molar-refractivity contribution in [1.29, 1.82) is 0 Å². The number of nitrogens with one attached hydrogen (secondary N) is 1. The lowest BCUT2D eigenvalue weighted by Crippen LogP contribution is -2.46. The fourth-order valence-electron chi connectivity index (χ4n) is 1.69. The molecule has 0 aliphatic heterocycles. The van der Waals surface area contributed by atoms with Gasteiger partial charge in [-0.25, -0.2) is 0 Å². The summed E-state index contributed by atoms with van der Waals surface area (Å²) in [4.78, 5) is 11.4. The van der Waals surface area contributed by atoms with Crippen LogP contribution < -0.4 is 5.32 Å². The van der Waals surface area contributed by atoms with Gasteiger partial charge >= 0.3 is 0 Å². The van der Waals surface area contributed by atoms with Crippen LogP contribution >= 0.6 is 0 Å². The van der Waals surface area contributed by atoms with E-state index in [2.05, 4.69) is 5.32 Å². The molecule has 0 spiro atoms. The number of hydrogen-bond donors (Lipinski definition) is 2. The molecule has 0 saturated heterocycles. The number of aliphatic hydroxyl groups excluding tert-OH is 1. The van der Waals surface area contributed by atoms with Crippen LogP contribution in [0.25, 0.3) is 6.08 Å². The van der Waals surface area contributed by atoms with Gasteiger partial charge in [0.05, 0.1) is 6.10 Å². The zero-order valence-corrected chi connectivity index (χ0v) is 8.97. The van der Waals surface area contributed by atoms with Gasteiger partial charge in [-0.15, -0.1) is 0 Å². The summed E-state index contributed by atoms with van der Waals surface area (Å²) in [5.74, 6) is -0.0965. The minimum Gasteiger partial charge on any atom is -0.393 e. The smallest absolute Gasteiger partial charge is 0.244 e. The SMILES string of the molecule is O=C(C=Cc1ccccc1)NC1CC(O)C1. The normalized spacial score (nSPS) is 24.1. The van der Waals surface area contributed by atoms with Crippen LogP contribution in [0, 0.1) is 0 Å². The van der Waals surface area contributed by atoms with Gasteiger partial charge in [-0.1, -0.05) is 30.3 Å². The first-order valence-corrected chi connectivity index (χ1v) is 5.46. The Morgan fingerprint density at radius 3 is 2.62 bits per heavy atom. The average molecular weight is 217 g/mol. The van der Waals surface area contributed by atoms with Gasteiger partial charge in [-0.05, 0) is 24.5 Å². The Balaban J connectivity index is 1.81. The molecule has 16 heavy (non-hydrogen) atoms. The topological polar surface area (TPSA) is 49.3 Å². The minimum atomic E-state index is -0.233. The van der Waals surface area contributed by atoms with Gasteiger partial charge in [-0.2, -0.15) is 0 Å². The summed E-state index contributed by atoms with van der Waals surface area (Å²) < 4.78 is 0. The second-order valence-corrected chi connectivity index (χ2v) is 4.07. The lowest BCUT2D eigenvalue weighted by Gasteiger charge is -2.31. The highest BCUT2D eigenvalue weighted by atomic mass is 16.3. The Labute approximate surface area is 94.8 Å². The molecule has 3 nitrogen and oxygen atoms in total. The predicted octanol–water partition coefficient (Wildman–Crippen LogP) is 1.34. The van der Waals surface area contributed by atoms with Crippen molar-refractivity contribution in [1.82, 2.24) is 5.32 Å². The van der Waals surface area contributed by atoms with E-state index in [4.69, 9.17) is 5.11 Å². The highest BCUT2D eigenvalue weighted by molar-refractivity contribution is 5.91. The number of carbonyl (C=O) groups is 1. The molecule has 1 saturated carbocycles. The van der Waals surface area contributed by atoms with Gasteiger partial charge < -0.3 is 10.4 Å². The van der Waals surface area contributed by atoms with Crippen LogP contribution in [-0.4, -0.2) is 23.2 Å². The van der Waals surface area contributed by atoms with E-state index in [9.17, 15) is 4.79 Å². The number of hydrogen-bond acceptors (Lipinski definition) is 2. The number of benzene rings is 1. The zero-order chi connectivity index (χ0) is 11.4. The van der Waals surface area contributed by atoms with Crippen molar-refractivity contribution in [3.63, 3.8) is 0 Å². The molecule has 1 aromatic rings. The molecular formula is C13H15NO2. The van der Waals surface area contributed by atoms with Crippen molar-refractivity contribution in [3.05, 3.63) is 42.0 Å². The lowest BCUT2D eigenvalue weighted by molar-refractivity contribution is -0.118. The molecule has 1 aliphatic rings. The Bertz CT molecular complexity index is 380. The summed E-state index contributed by atoms with van der Waals surface area (Å²) in [5.41, 5.74) is 1.01. The largest absolute Gasteiger partial charge is 0.393 e. The highest BCUT2D eigenvalue weighted by Gasteiger charge is 2.27. The van der Waals surface area contributed by atoms with Crippen LogP contribution in [-0.2, 0) is 4.79 Å². The summed E-state index contributed by atoms with van der Waals surface area (Å²) in [6, 6.07) is 9.82. The molecule has 0 unspecified atom stereocenters. The first-order valence-electron chi connectivity index (χ1n) is 5.46. The summed E-state index contributed by atoms with van der Waals surface area (Å²) in [5, 5.41) is 11.9. The van der Waals surface area contributed by atoms with E-state index < -0.39 is 0 Å². The third-order valence-electron chi connectivity index (χ3n) is 2.69. The zero-order valence-electron chi connectivity index (χ0n) is 8.97. The van der Waals surface area contributed by atoms with Gasteiger partial charge in [0.15, 0.2) is 0 Å². The van der Waals surface area contributed by atoms with Crippen LogP contribution in [0.5, 0.6) is 0 Å². The Morgan fingerprint density at radius 1 is 1.31 bits per heavy atom. The maximum absolute atomic E-state index is 11.4. The van der Waals surface area contributed by atoms with Crippen LogP contribution in [0.3, 0.4) is 0 Å². The van der Waals surface area contributed by atoms with Gasteiger partial charge in [0, 0.05) is 12.1 Å². The van der Waals surface area contributed by atoms with Crippen LogP contribution in [0.4, 0.5) is 0 Å². The van der Waals surface area contributed by atoms with E-state index in [1.54, 1.807) is 6.08 Å². The van der Waals surface area contributed by atoms with Crippen molar-refractivity contribution < 1.29 is 9.90 Å². The third kappa shape index (κ3) is 2.94. The number of aliphatic hydroxyl groups is 1. The van der Waals surface area contributed by atoms with Crippen molar-refractivity contribution in [3.8, 4) is 0 Å². The van der Waals surface area contributed by atoms with Crippen LogP contribution in [0.15, 0.2) is 36.4 Å². The van der Waals surface area contributed by atoms with Gasteiger partial charge in [-0.3, -0.25) is 4.79 Å². The molecule has 84 valence electrons. The first-order chi connectivity index (χ1) is 7.74. The Morgan fingerprint density at radius 2 is 2.00 bits per heavy atom. The second-order valence-electron chi connectivity index (χ2n) is 4.07. The van der Waals surface area contributed by atoms with Crippen molar-refractivity contribution >= 4 is 12.0 Å². The molecule has 2 rings (SSSR count). The summed E-state index contributed by atoms with van der Waals surface area (Å²) in [6.07, 6.45) is 4.42. The number of carbonyl (C=O) groups excluding carboxylic acids is 1. The second kappa shape index (κ2) is 4.94. The Hall–Kier alpha value is -1.61. The molecule has 2 N–H and O–H groups in total. The summed E-state index contributed by atoms with van der Waals surface area (Å²) in [6.45, 7) is 0. The Kier molecular flexibility index (Phi) is 3.37. The first kappa shape index (κ1) is 10.9.